The fourth-order valence-electron chi connectivity index (χ4n) is 1.96. The van der Waals surface area contributed by atoms with Crippen LogP contribution in [0.3, 0.4) is 0 Å². The lowest BCUT2D eigenvalue weighted by molar-refractivity contribution is -0.310. The zero-order chi connectivity index (χ0) is 14.9. The SMILES string of the molecule is CC[C@H](C(=O)[O-])N1C(=O)/C(=C\c2cccn2C)SC1=S. The Kier molecular flexibility index (Phi) is 4.29. The van der Waals surface area contributed by atoms with Crippen LogP contribution in [0.5, 0.6) is 0 Å². The molecule has 0 saturated carbocycles. The average molecular weight is 309 g/mol. The number of thiocarbonyl (C=S) groups is 1. The van der Waals surface area contributed by atoms with Gasteiger partial charge in [0.05, 0.1) is 16.9 Å². The van der Waals surface area contributed by atoms with Crippen LogP contribution >= 0.6 is 24.0 Å². The summed E-state index contributed by atoms with van der Waals surface area (Å²) in [5, 5.41) is 11.1. The van der Waals surface area contributed by atoms with E-state index >= 15 is 0 Å². The molecule has 1 aromatic rings. The van der Waals surface area contributed by atoms with Gasteiger partial charge in [-0.15, -0.1) is 0 Å². The van der Waals surface area contributed by atoms with Gasteiger partial charge in [-0.05, 0) is 24.6 Å². The molecule has 1 atom stereocenters. The maximum Gasteiger partial charge on any atom is 0.266 e. The van der Waals surface area contributed by atoms with Gasteiger partial charge in [-0.3, -0.25) is 9.69 Å². The lowest BCUT2D eigenvalue weighted by Gasteiger charge is -2.26. The molecule has 1 fully saturated rings. The minimum absolute atomic E-state index is 0.256. The first-order chi connectivity index (χ1) is 9.45. The number of aryl methyl sites for hydroxylation is 1. The molecular formula is C13H13N2O3S2-. The number of hydrogen-bond donors (Lipinski definition) is 0. The number of carboxylic acids is 1. The van der Waals surface area contributed by atoms with Crippen LogP contribution in [-0.2, 0) is 16.6 Å². The van der Waals surface area contributed by atoms with E-state index in [0.29, 0.717) is 4.91 Å². The Morgan fingerprint density at radius 1 is 1.60 bits per heavy atom. The Balaban J connectivity index is 2.32. The number of rotatable bonds is 4. The van der Waals surface area contributed by atoms with Crippen LogP contribution in [0.15, 0.2) is 23.2 Å². The minimum atomic E-state index is -1.29. The molecule has 0 unspecified atom stereocenters. The van der Waals surface area contributed by atoms with Crippen molar-refractivity contribution in [2.75, 3.05) is 0 Å². The van der Waals surface area contributed by atoms with Crippen molar-refractivity contribution in [3.8, 4) is 0 Å². The smallest absolute Gasteiger partial charge is 0.266 e. The zero-order valence-electron chi connectivity index (χ0n) is 11.0. The van der Waals surface area contributed by atoms with Gasteiger partial charge in [-0.25, -0.2) is 0 Å². The number of thioether (sulfide) groups is 1. The van der Waals surface area contributed by atoms with E-state index in [4.69, 9.17) is 12.2 Å². The number of carboxylic acid groups (broad SMARTS) is 1. The van der Waals surface area contributed by atoms with Crippen LogP contribution < -0.4 is 5.11 Å². The number of amides is 1. The molecule has 0 bridgehead atoms. The fourth-order valence-corrected chi connectivity index (χ4v) is 3.30. The third-order valence-corrected chi connectivity index (χ3v) is 4.39. The number of aromatic nitrogens is 1. The Morgan fingerprint density at radius 2 is 2.30 bits per heavy atom. The molecular weight excluding hydrogens is 296 g/mol. The molecule has 1 aliphatic heterocycles. The second-order valence-electron chi connectivity index (χ2n) is 4.34. The molecule has 106 valence electrons. The predicted molar refractivity (Wildman–Crippen MR) is 79.5 cm³/mol. The number of nitrogens with zero attached hydrogens (tertiary/aromatic N) is 2. The number of carbonyl (C=O) groups excluding carboxylic acids is 2. The molecule has 1 aromatic heterocycles. The minimum Gasteiger partial charge on any atom is -0.548 e. The van der Waals surface area contributed by atoms with Crippen LogP contribution in [0.2, 0.25) is 0 Å². The van der Waals surface area contributed by atoms with Gasteiger partial charge in [-0.1, -0.05) is 30.9 Å². The lowest BCUT2D eigenvalue weighted by Crippen LogP contribution is -2.49. The van der Waals surface area contributed by atoms with Gasteiger partial charge in [0.1, 0.15) is 4.32 Å². The number of carbonyl (C=O) groups is 2. The molecule has 0 aliphatic carbocycles. The summed E-state index contributed by atoms with van der Waals surface area (Å²) in [5.74, 6) is -1.67. The Bertz CT molecular complexity index is 607. The Morgan fingerprint density at radius 3 is 2.80 bits per heavy atom. The second kappa shape index (κ2) is 5.80. The highest BCUT2D eigenvalue weighted by molar-refractivity contribution is 8.26. The first-order valence-corrected chi connectivity index (χ1v) is 7.27. The maximum absolute atomic E-state index is 12.3. The standard InChI is InChI=1S/C13H14N2O3S2/c1-3-9(12(17)18)15-11(16)10(20-13(15)19)7-8-5-4-6-14(8)2/h4-7,9H,3H2,1-2H3,(H,17,18)/p-1/b10-7+/t9-/m1/s1. The van der Waals surface area contributed by atoms with Gasteiger partial charge < -0.3 is 14.5 Å². The van der Waals surface area contributed by atoms with E-state index in [2.05, 4.69) is 0 Å². The van der Waals surface area contributed by atoms with Crippen molar-refractivity contribution in [1.29, 1.82) is 0 Å². The van der Waals surface area contributed by atoms with Crippen LogP contribution in [0.4, 0.5) is 0 Å². The van der Waals surface area contributed by atoms with Crippen LogP contribution in [0.1, 0.15) is 19.0 Å². The summed E-state index contributed by atoms with van der Waals surface area (Å²) in [5.41, 5.74) is 0.854. The summed E-state index contributed by atoms with van der Waals surface area (Å²) in [6.07, 6.45) is 3.83. The summed E-state index contributed by atoms with van der Waals surface area (Å²) in [4.78, 5) is 25.0. The highest BCUT2D eigenvalue weighted by Gasteiger charge is 2.37. The second-order valence-corrected chi connectivity index (χ2v) is 6.01. The van der Waals surface area contributed by atoms with Crippen molar-refractivity contribution in [3.05, 3.63) is 28.9 Å². The normalized spacial score (nSPS) is 18.9. The quantitative estimate of drug-likeness (QED) is 0.607. The van der Waals surface area contributed by atoms with Gasteiger partial charge >= 0.3 is 0 Å². The third-order valence-electron chi connectivity index (χ3n) is 3.06. The van der Waals surface area contributed by atoms with Crippen molar-refractivity contribution in [2.24, 2.45) is 7.05 Å². The lowest BCUT2D eigenvalue weighted by atomic mass is 10.2. The van der Waals surface area contributed by atoms with Crippen LogP contribution in [0.25, 0.3) is 6.08 Å². The first kappa shape index (κ1) is 14.8. The van der Waals surface area contributed by atoms with E-state index in [0.717, 1.165) is 22.4 Å². The van der Waals surface area contributed by atoms with Crippen LogP contribution in [0, 0.1) is 0 Å². The zero-order valence-corrected chi connectivity index (χ0v) is 12.7. The molecule has 1 amide bonds. The number of hydrogen-bond acceptors (Lipinski definition) is 5. The average Bonchev–Trinajstić information content (AvgIpc) is 2.89. The predicted octanol–water partition coefficient (Wildman–Crippen LogP) is 0.755. The van der Waals surface area contributed by atoms with Crippen molar-refractivity contribution >= 4 is 46.3 Å². The topological polar surface area (TPSA) is 65.4 Å². The van der Waals surface area contributed by atoms with Crippen molar-refractivity contribution in [2.45, 2.75) is 19.4 Å². The molecule has 5 nitrogen and oxygen atoms in total. The summed E-state index contributed by atoms with van der Waals surface area (Å²) in [6, 6.07) is 2.72. The molecule has 7 heteroatoms. The van der Waals surface area contributed by atoms with Gasteiger partial charge in [0.2, 0.25) is 0 Å². The van der Waals surface area contributed by atoms with Crippen molar-refractivity contribution < 1.29 is 14.7 Å². The highest BCUT2D eigenvalue weighted by Crippen LogP contribution is 2.34. The Hall–Kier alpha value is -1.60. The summed E-state index contributed by atoms with van der Waals surface area (Å²) < 4.78 is 2.12. The first-order valence-electron chi connectivity index (χ1n) is 6.05. The highest BCUT2D eigenvalue weighted by atomic mass is 32.2. The maximum atomic E-state index is 12.3. The third kappa shape index (κ3) is 2.64. The van der Waals surface area contributed by atoms with E-state index in [9.17, 15) is 14.7 Å². The van der Waals surface area contributed by atoms with E-state index in [1.807, 2.05) is 29.9 Å². The largest absolute Gasteiger partial charge is 0.548 e. The molecule has 0 N–H and O–H groups in total. The molecule has 20 heavy (non-hydrogen) atoms. The van der Waals surface area contributed by atoms with Crippen molar-refractivity contribution in [3.63, 3.8) is 0 Å². The van der Waals surface area contributed by atoms with E-state index in [1.165, 1.54) is 0 Å². The van der Waals surface area contributed by atoms with Gasteiger partial charge in [0.25, 0.3) is 5.91 Å². The molecule has 0 aromatic carbocycles. The molecule has 2 rings (SSSR count). The molecule has 1 saturated heterocycles. The van der Waals surface area contributed by atoms with E-state index in [-0.39, 0.29) is 16.6 Å². The van der Waals surface area contributed by atoms with E-state index < -0.39 is 12.0 Å². The number of aliphatic carboxylic acids is 1. The van der Waals surface area contributed by atoms with Crippen LogP contribution in [-0.4, -0.2) is 31.7 Å². The molecule has 1 aliphatic rings. The summed E-state index contributed by atoms with van der Waals surface area (Å²) in [7, 11) is 1.86. The van der Waals surface area contributed by atoms with Gasteiger partial charge in [0.15, 0.2) is 0 Å². The molecule has 2 heterocycles. The monoisotopic (exact) mass is 309 g/mol. The van der Waals surface area contributed by atoms with Crippen molar-refractivity contribution in [1.82, 2.24) is 9.47 Å². The van der Waals surface area contributed by atoms with Gasteiger partial charge in [0, 0.05) is 18.9 Å². The fraction of sp³-hybridized carbons (Fsp3) is 0.308. The summed E-state index contributed by atoms with van der Waals surface area (Å²) in [6.45, 7) is 1.68. The Labute approximate surface area is 126 Å². The summed E-state index contributed by atoms with van der Waals surface area (Å²) >= 11 is 6.23. The molecule has 0 spiro atoms. The van der Waals surface area contributed by atoms with E-state index in [1.54, 1.807) is 13.0 Å². The van der Waals surface area contributed by atoms with Gasteiger partial charge in [-0.2, -0.15) is 0 Å². The molecule has 0 radical (unpaired) electrons.